The molecule has 0 spiro atoms. The third-order valence-electron chi connectivity index (χ3n) is 12.9. The predicted molar refractivity (Wildman–Crippen MR) is 325 cm³/mol. The maximum Gasteiger partial charge on any atom is 0.306 e. The number of amides is 1. The second-order valence-electron chi connectivity index (χ2n) is 21.5. The monoisotopic (exact) mass is 1080 g/mol. The lowest BCUT2D eigenvalue weighted by Gasteiger charge is -2.30. The van der Waals surface area contributed by atoms with Crippen molar-refractivity contribution >= 4 is 19.7 Å². The van der Waals surface area contributed by atoms with Crippen molar-refractivity contribution < 1.29 is 37.3 Å². The van der Waals surface area contributed by atoms with Gasteiger partial charge >= 0.3 is 5.97 Å². The van der Waals surface area contributed by atoms with Gasteiger partial charge in [0, 0.05) is 12.8 Å². The van der Waals surface area contributed by atoms with Crippen molar-refractivity contribution in [2.45, 2.75) is 258 Å². The molecule has 0 aromatic rings. The van der Waals surface area contributed by atoms with Crippen molar-refractivity contribution in [2.24, 2.45) is 0 Å². The molecule has 0 heterocycles. The number of esters is 1. The minimum absolute atomic E-state index is 0.0396. The first-order valence-corrected chi connectivity index (χ1v) is 32.2. The number of phosphoric acid groups is 1. The molecule has 3 unspecified atom stereocenters. The van der Waals surface area contributed by atoms with E-state index < -0.39 is 26.6 Å². The topological polar surface area (TPSA) is 114 Å². The number of phosphoric ester groups is 1. The molecule has 1 amide bonds. The predicted octanol–water partition coefficient (Wildman–Crippen LogP) is 18.3. The largest absolute Gasteiger partial charge is 0.756 e. The maximum atomic E-state index is 13.5. The van der Waals surface area contributed by atoms with Crippen molar-refractivity contribution in [3.63, 3.8) is 0 Å². The van der Waals surface area contributed by atoms with E-state index in [0.29, 0.717) is 23.9 Å². The highest BCUT2D eigenvalue weighted by Crippen LogP contribution is 2.38. The summed E-state index contributed by atoms with van der Waals surface area (Å²) in [5.74, 6) is -0.623. The fourth-order valence-electron chi connectivity index (χ4n) is 8.21. The van der Waals surface area contributed by atoms with E-state index in [2.05, 4.69) is 123 Å². The molecule has 76 heavy (non-hydrogen) atoms. The van der Waals surface area contributed by atoms with E-state index in [1.165, 1.54) is 103 Å². The van der Waals surface area contributed by atoms with Crippen molar-refractivity contribution in [1.82, 2.24) is 5.32 Å². The van der Waals surface area contributed by atoms with E-state index in [4.69, 9.17) is 13.8 Å². The van der Waals surface area contributed by atoms with E-state index in [0.717, 1.165) is 96.3 Å². The van der Waals surface area contributed by atoms with Gasteiger partial charge in [-0.2, -0.15) is 0 Å². The molecule has 3 atom stereocenters. The Balaban J connectivity index is 5.36. The molecule has 0 aliphatic heterocycles. The minimum atomic E-state index is -4.72. The van der Waals surface area contributed by atoms with Crippen LogP contribution in [0.25, 0.3) is 0 Å². The smallest absolute Gasteiger partial charge is 0.306 e. The summed E-state index contributed by atoms with van der Waals surface area (Å²) in [4.78, 5) is 39.9. The van der Waals surface area contributed by atoms with Crippen LogP contribution in [0.1, 0.15) is 245 Å². The third-order valence-corrected chi connectivity index (χ3v) is 13.9. The zero-order valence-electron chi connectivity index (χ0n) is 49.7. The molecule has 0 aliphatic rings. The van der Waals surface area contributed by atoms with Crippen LogP contribution in [0.4, 0.5) is 0 Å². The fourth-order valence-corrected chi connectivity index (χ4v) is 8.93. The molecule has 1 N–H and O–H groups in total. The van der Waals surface area contributed by atoms with Crippen molar-refractivity contribution in [3.8, 4) is 0 Å². The Morgan fingerprint density at radius 1 is 0.474 bits per heavy atom. The van der Waals surface area contributed by atoms with E-state index >= 15 is 0 Å². The molecule has 0 saturated heterocycles. The van der Waals surface area contributed by atoms with Crippen LogP contribution in [0, 0.1) is 0 Å². The number of nitrogens with one attached hydrogen (secondary N) is 1. The summed E-state index contributed by atoms with van der Waals surface area (Å²) in [7, 11) is 1.13. The number of carbonyl (C=O) groups is 2. The molecule has 0 saturated carbocycles. The summed E-state index contributed by atoms with van der Waals surface area (Å²) >= 11 is 0. The number of hydrogen-bond acceptors (Lipinski definition) is 7. The molecule has 0 rings (SSSR count). The molecule has 0 aromatic heterocycles. The quantitative estimate of drug-likeness (QED) is 0.0212. The molecule has 0 aromatic carbocycles. The first kappa shape index (κ1) is 72.7. The van der Waals surface area contributed by atoms with Gasteiger partial charge in [0.25, 0.3) is 7.82 Å². The van der Waals surface area contributed by atoms with Crippen LogP contribution in [-0.2, 0) is 27.9 Å². The number of likely N-dealkylation sites (N-methyl/N-ethyl adjacent to an activating group) is 1. The van der Waals surface area contributed by atoms with Crippen LogP contribution >= 0.6 is 7.82 Å². The van der Waals surface area contributed by atoms with Gasteiger partial charge in [-0.05, 0) is 109 Å². The van der Waals surface area contributed by atoms with E-state index in [-0.39, 0.29) is 31.3 Å². The van der Waals surface area contributed by atoms with Gasteiger partial charge in [-0.15, -0.1) is 0 Å². The highest BCUT2D eigenvalue weighted by molar-refractivity contribution is 7.45. The van der Waals surface area contributed by atoms with Crippen LogP contribution < -0.4 is 10.2 Å². The summed E-state index contributed by atoms with van der Waals surface area (Å²) in [6.07, 6.45) is 74.9. The number of hydrogen-bond donors (Lipinski definition) is 1. The second-order valence-corrected chi connectivity index (χ2v) is 22.9. The first-order valence-electron chi connectivity index (χ1n) is 30.7. The average Bonchev–Trinajstić information content (AvgIpc) is 3.38. The fraction of sp³-hybridized carbons (Fsp3) is 0.697. The number of rotatable bonds is 54. The lowest BCUT2D eigenvalue weighted by atomic mass is 10.0. The molecule has 0 bridgehead atoms. The molecular formula is C66H115N2O7P. The van der Waals surface area contributed by atoms with Gasteiger partial charge < -0.3 is 28.5 Å². The summed E-state index contributed by atoms with van der Waals surface area (Å²) < 4.78 is 30.2. The number of allylic oxidation sites excluding steroid dienone is 17. The standard InChI is InChI=1S/C66H115N2O7P/c1-7-10-13-16-19-22-25-28-30-32-33-34-35-37-39-41-44-47-50-53-56-59-66(70)75-64(57-54-51-48-45-42-27-24-21-18-15-12-9-3)63(62-74-76(71,72)73-61-60-68(4,5)6)67-65(69)58-55-52-49-46-43-40-38-36-31-29-26-23-20-17-14-11-8-2/h11,14,19-20,22-23,28-31,33-34,38,40,46,49,54,57,63-64H,7-10,12-13,15-18,21,24-27,32,35-37,39,41-45,47-48,50-53,55-56,58-62H2,1-6H3,(H-,67,69,71,72)/b14-11-,22-19-,23-20-,30-28-,31-29-,34-33-,40-38-,49-46-,57-54+. The molecule has 436 valence electrons. The van der Waals surface area contributed by atoms with Crippen LogP contribution in [0.5, 0.6) is 0 Å². The van der Waals surface area contributed by atoms with Gasteiger partial charge in [-0.25, -0.2) is 0 Å². The number of carbonyl (C=O) groups excluding carboxylic acids is 2. The third kappa shape index (κ3) is 55.4. The summed E-state index contributed by atoms with van der Waals surface area (Å²) in [5, 5.41) is 2.99. The molecule has 0 aliphatic carbocycles. The maximum absolute atomic E-state index is 13.5. The highest BCUT2D eigenvalue weighted by atomic mass is 31.2. The van der Waals surface area contributed by atoms with Crippen LogP contribution in [-0.4, -0.2) is 69.4 Å². The van der Waals surface area contributed by atoms with Crippen molar-refractivity contribution in [3.05, 3.63) is 109 Å². The Kier molecular flexibility index (Phi) is 52.6. The Morgan fingerprint density at radius 3 is 1.32 bits per heavy atom. The van der Waals surface area contributed by atoms with E-state index in [1.54, 1.807) is 0 Å². The van der Waals surface area contributed by atoms with E-state index in [1.807, 2.05) is 33.3 Å². The Hall–Kier alpha value is -3.33. The lowest BCUT2D eigenvalue weighted by molar-refractivity contribution is -0.870. The number of ether oxygens (including phenoxy) is 1. The van der Waals surface area contributed by atoms with Gasteiger partial charge in [-0.3, -0.25) is 14.2 Å². The number of unbranched alkanes of at least 4 members (excludes halogenated alkanes) is 22. The van der Waals surface area contributed by atoms with Crippen LogP contribution in [0.2, 0.25) is 0 Å². The van der Waals surface area contributed by atoms with Gasteiger partial charge in [0.2, 0.25) is 5.91 Å². The van der Waals surface area contributed by atoms with Gasteiger partial charge in [0.05, 0.1) is 33.8 Å². The molecular weight excluding hydrogens is 964 g/mol. The average molecular weight is 1080 g/mol. The number of nitrogens with zero attached hydrogens (tertiary/aromatic N) is 1. The normalized spacial score (nSPS) is 14.5. The summed E-state index contributed by atoms with van der Waals surface area (Å²) in [6, 6.07) is -0.928. The summed E-state index contributed by atoms with van der Waals surface area (Å²) in [5.41, 5.74) is 0. The minimum Gasteiger partial charge on any atom is -0.756 e. The zero-order chi connectivity index (χ0) is 55.7. The highest BCUT2D eigenvalue weighted by Gasteiger charge is 2.27. The number of quaternary nitrogens is 1. The molecule has 10 heteroatoms. The van der Waals surface area contributed by atoms with Crippen LogP contribution in [0.15, 0.2) is 109 Å². The first-order chi connectivity index (χ1) is 36.9. The SMILES string of the molecule is CC/C=C\C/C=C\C/C=C\C/C=C\C/C=C\CCCC(=O)NC(COP(=O)([O-])OCC[N+](C)(C)C)C(/C=C/CCCCCCCCCCCC)OC(=O)CCCCCCCCCC/C=C\C/C=C\C/C=C\CCCCC. The zero-order valence-corrected chi connectivity index (χ0v) is 50.6. The van der Waals surface area contributed by atoms with Gasteiger partial charge in [0.1, 0.15) is 19.3 Å². The molecule has 0 fully saturated rings. The van der Waals surface area contributed by atoms with Crippen molar-refractivity contribution in [1.29, 1.82) is 0 Å². The van der Waals surface area contributed by atoms with Crippen LogP contribution in [0.3, 0.4) is 0 Å². The Morgan fingerprint density at radius 2 is 0.855 bits per heavy atom. The Labute approximate surface area is 468 Å². The van der Waals surface area contributed by atoms with E-state index in [9.17, 15) is 19.0 Å². The second kappa shape index (κ2) is 55.0. The summed E-state index contributed by atoms with van der Waals surface area (Å²) in [6.45, 7) is 6.64. The molecule has 9 nitrogen and oxygen atoms in total. The Bertz CT molecular complexity index is 1670. The lowest BCUT2D eigenvalue weighted by Crippen LogP contribution is -2.47. The van der Waals surface area contributed by atoms with Gasteiger partial charge in [-0.1, -0.05) is 233 Å². The van der Waals surface area contributed by atoms with Crippen molar-refractivity contribution in [2.75, 3.05) is 40.9 Å². The van der Waals surface area contributed by atoms with Gasteiger partial charge in [0.15, 0.2) is 0 Å². The molecule has 0 radical (unpaired) electrons.